The van der Waals surface area contributed by atoms with E-state index in [9.17, 15) is 22.4 Å². The van der Waals surface area contributed by atoms with E-state index in [1.165, 1.54) is 12.1 Å². The Labute approximate surface area is 236 Å². The first-order valence-corrected chi connectivity index (χ1v) is 13.8. The van der Waals surface area contributed by atoms with Crippen molar-refractivity contribution in [2.24, 2.45) is 0 Å². The number of alkyl halides is 3. The Kier molecular flexibility index (Phi) is 8.73. The molecule has 0 spiro atoms. The van der Waals surface area contributed by atoms with Crippen LogP contribution in [-0.2, 0) is 47.9 Å². The quantitative estimate of drug-likeness (QED) is 0.406. The molecule has 41 heavy (non-hydrogen) atoms. The number of carbonyl (C=O) groups is 1. The van der Waals surface area contributed by atoms with Crippen molar-refractivity contribution in [3.05, 3.63) is 71.0 Å². The summed E-state index contributed by atoms with van der Waals surface area (Å²) in [6.45, 7) is 4.08. The number of nitrogens with one attached hydrogen (secondary N) is 1. The Morgan fingerprint density at radius 2 is 1.88 bits per heavy atom. The standard InChI is InChI=1S/C30H35F4NO6/c1-28(2)40-25-15-29(27(36)35-16-22-10-6-12-37-22,39-18-20-8-3-4-11-23(20)31)14-24(26(25)41-28)38-17-19-7-5-9-21(13-19)30(32,33)34/h3-5,7-9,11,13,22,24-26H,6,10,12,14-18H2,1-2H3,(H,35,36)/t22?,24?,25-,26+,29-/m1/s1. The molecule has 1 amide bonds. The van der Waals surface area contributed by atoms with Crippen molar-refractivity contribution in [2.45, 2.75) is 94.7 Å². The van der Waals surface area contributed by atoms with E-state index in [0.717, 1.165) is 25.0 Å². The summed E-state index contributed by atoms with van der Waals surface area (Å²) in [5.74, 6) is -1.86. The second-order valence-electron chi connectivity index (χ2n) is 11.3. The number of hydrogen-bond acceptors (Lipinski definition) is 6. The molecule has 0 radical (unpaired) electrons. The Morgan fingerprint density at radius 1 is 1.07 bits per heavy atom. The minimum absolute atomic E-state index is 0.0262. The van der Waals surface area contributed by atoms with Crippen molar-refractivity contribution < 1.29 is 46.0 Å². The second kappa shape index (κ2) is 12.0. The fourth-order valence-electron chi connectivity index (χ4n) is 5.75. The smallest absolute Gasteiger partial charge is 0.376 e. The zero-order chi connectivity index (χ0) is 29.3. The molecule has 224 valence electrons. The van der Waals surface area contributed by atoms with Crippen molar-refractivity contribution >= 4 is 5.91 Å². The molecule has 2 aromatic carbocycles. The van der Waals surface area contributed by atoms with Crippen molar-refractivity contribution in [1.29, 1.82) is 0 Å². The van der Waals surface area contributed by atoms with Gasteiger partial charge in [0.1, 0.15) is 11.9 Å². The number of benzene rings is 2. The van der Waals surface area contributed by atoms with E-state index in [1.54, 1.807) is 38.1 Å². The highest BCUT2D eigenvalue weighted by Crippen LogP contribution is 2.44. The highest BCUT2D eigenvalue weighted by atomic mass is 19.4. The molecule has 5 atom stereocenters. The normalized spacial score (nSPS) is 29.3. The number of hydrogen-bond donors (Lipinski definition) is 1. The maximum Gasteiger partial charge on any atom is 0.416 e. The van der Waals surface area contributed by atoms with Crippen LogP contribution in [0.1, 0.15) is 56.2 Å². The first-order valence-electron chi connectivity index (χ1n) is 13.8. The first-order chi connectivity index (χ1) is 19.4. The molecule has 0 bridgehead atoms. The van der Waals surface area contributed by atoms with E-state index in [2.05, 4.69) is 5.32 Å². The molecule has 3 fully saturated rings. The van der Waals surface area contributed by atoms with Crippen molar-refractivity contribution in [1.82, 2.24) is 5.32 Å². The van der Waals surface area contributed by atoms with Crippen LogP contribution in [0.15, 0.2) is 48.5 Å². The van der Waals surface area contributed by atoms with Gasteiger partial charge in [0.25, 0.3) is 5.91 Å². The predicted octanol–water partition coefficient (Wildman–Crippen LogP) is 5.29. The SMILES string of the molecule is CC1(C)O[C@@H]2C[C@@](OCc3ccccc3F)(C(=O)NCC3CCCO3)CC(OCc3cccc(C(F)(F)F)c3)[C@@H]2O1. The third kappa shape index (κ3) is 7.09. The summed E-state index contributed by atoms with van der Waals surface area (Å²) >= 11 is 0. The number of halogens is 4. The molecule has 1 aliphatic carbocycles. The van der Waals surface area contributed by atoms with Gasteiger partial charge in [-0.2, -0.15) is 13.2 Å². The van der Waals surface area contributed by atoms with Gasteiger partial charge in [-0.1, -0.05) is 30.3 Å². The van der Waals surface area contributed by atoms with E-state index < -0.39 is 53.2 Å². The van der Waals surface area contributed by atoms with Crippen LogP contribution in [0, 0.1) is 5.82 Å². The molecule has 2 heterocycles. The number of fused-ring (bicyclic) bond motifs is 1. The van der Waals surface area contributed by atoms with Gasteiger partial charge in [0.05, 0.1) is 37.1 Å². The molecule has 2 aliphatic heterocycles. The van der Waals surface area contributed by atoms with Crippen LogP contribution in [0.2, 0.25) is 0 Å². The summed E-state index contributed by atoms with van der Waals surface area (Å²) < 4.78 is 84.7. The van der Waals surface area contributed by atoms with Gasteiger partial charge in [0, 0.05) is 31.6 Å². The highest BCUT2D eigenvalue weighted by molar-refractivity contribution is 5.85. The first kappa shape index (κ1) is 29.9. The zero-order valence-electron chi connectivity index (χ0n) is 23.0. The van der Waals surface area contributed by atoms with Crippen LogP contribution in [-0.4, -0.2) is 54.9 Å². The molecule has 3 aliphatic rings. The minimum atomic E-state index is -4.49. The van der Waals surface area contributed by atoms with Crippen molar-refractivity contribution in [3.63, 3.8) is 0 Å². The van der Waals surface area contributed by atoms with Gasteiger partial charge < -0.3 is 29.0 Å². The lowest BCUT2D eigenvalue weighted by Gasteiger charge is -2.43. The number of rotatable bonds is 9. The Morgan fingerprint density at radius 3 is 2.61 bits per heavy atom. The lowest BCUT2D eigenvalue weighted by Crippen LogP contribution is -2.60. The zero-order valence-corrected chi connectivity index (χ0v) is 23.0. The Balaban J connectivity index is 1.40. The highest BCUT2D eigenvalue weighted by Gasteiger charge is 2.58. The van der Waals surface area contributed by atoms with E-state index in [0.29, 0.717) is 12.2 Å². The Hall–Kier alpha value is -2.57. The van der Waals surface area contributed by atoms with E-state index in [1.807, 2.05) is 0 Å². The average Bonchev–Trinajstić information content (AvgIpc) is 3.56. The van der Waals surface area contributed by atoms with Crippen LogP contribution in [0.4, 0.5) is 17.6 Å². The fraction of sp³-hybridized carbons (Fsp3) is 0.567. The fourth-order valence-corrected chi connectivity index (χ4v) is 5.75. The van der Waals surface area contributed by atoms with Crippen LogP contribution >= 0.6 is 0 Å². The summed E-state index contributed by atoms with van der Waals surface area (Å²) in [5.41, 5.74) is -1.66. The third-order valence-electron chi connectivity index (χ3n) is 7.76. The van der Waals surface area contributed by atoms with Gasteiger partial charge >= 0.3 is 6.18 Å². The maximum absolute atomic E-state index is 14.5. The molecule has 1 saturated carbocycles. The number of ether oxygens (including phenoxy) is 5. The van der Waals surface area contributed by atoms with Crippen LogP contribution in [0.5, 0.6) is 0 Å². The summed E-state index contributed by atoms with van der Waals surface area (Å²) in [5, 5.41) is 2.95. The summed E-state index contributed by atoms with van der Waals surface area (Å²) in [6.07, 6.45) is -4.70. The molecule has 1 N–H and O–H groups in total. The molecule has 2 unspecified atom stereocenters. The van der Waals surface area contributed by atoms with Gasteiger partial charge in [-0.3, -0.25) is 4.79 Å². The van der Waals surface area contributed by atoms with Crippen LogP contribution in [0.25, 0.3) is 0 Å². The molecule has 7 nitrogen and oxygen atoms in total. The Bertz CT molecular complexity index is 1220. The lowest BCUT2D eigenvalue weighted by atomic mass is 9.78. The summed E-state index contributed by atoms with van der Waals surface area (Å²) in [4.78, 5) is 13.8. The average molecular weight is 582 g/mol. The molecule has 11 heteroatoms. The number of carbonyl (C=O) groups excluding carboxylic acids is 1. The van der Waals surface area contributed by atoms with Crippen molar-refractivity contribution in [2.75, 3.05) is 13.2 Å². The van der Waals surface area contributed by atoms with E-state index >= 15 is 0 Å². The summed E-state index contributed by atoms with van der Waals surface area (Å²) in [6, 6.07) is 11.0. The maximum atomic E-state index is 14.5. The van der Waals surface area contributed by atoms with Crippen molar-refractivity contribution in [3.8, 4) is 0 Å². The third-order valence-corrected chi connectivity index (χ3v) is 7.76. The molecule has 0 aromatic heterocycles. The summed E-state index contributed by atoms with van der Waals surface area (Å²) in [7, 11) is 0. The van der Waals surface area contributed by atoms with Crippen LogP contribution in [0.3, 0.4) is 0 Å². The molecule has 2 saturated heterocycles. The lowest BCUT2D eigenvalue weighted by molar-refractivity contribution is -0.184. The van der Waals surface area contributed by atoms with Gasteiger partial charge in [-0.05, 0) is 50.5 Å². The molecular weight excluding hydrogens is 546 g/mol. The largest absolute Gasteiger partial charge is 0.416 e. The van der Waals surface area contributed by atoms with Crippen LogP contribution < -0.4 is 5.32 Å². The topological polar surface area (TPSA) is 75.3 Å². The second-order valence-corrected chi connectivity index (χ2v) is 11.3. The minimum Gasteiger partial charge on any atom is -0.376 e. The number of amides is 1. The molecule has 5 rings (SSSR count). The molecule has 2 aromatic rings. The van der Waals surface area contributed by atoms with E-state index in [4.69, 9.17) is 23.7 Å². The van der Waals surface area contributed by atoms with Gasteiger partial charge in [-0.25, -0.2) is 4.39 Å². The molecular formula is C30H35F4NO6. The van der Waals surface area contributed by atoms with Gasteiger partial charge in [-0.15, -0.1) is 0 Å². The monoisotopic (exact) mass is 581 g/mol. The van der Waals surface area contributed by atoms with Gasteiger partial charge in [0.15, 0.2) is 11.4 Å². The van der Waals surface area contributed by atoms with E-state index in [-0.39, 0.29) is 44.3 Å². The predicted molar refractivity (Wildman–Crippen MR) is 139 cm³/mol. The van der Waals surface area contributed by atoms with Gasteiger partial charge in [0.2, 0.25) is 0 Å².